The van der Waals surface area contributed by atoms with Gasteiger partial charge in [-0.05, 0) is 19.4 Å². The molecule has 4 heteroatoms. The summed E-state index contributed by atoms with van der Waals surface area (Å²) in [6, 6.07) is 2.25. The molecule has 17 heavy (non-hydrogen) atoms. The zero-order chi connectivity index (χ0) is 12.7. The summed E-state index contributed by atoms with van der Waals surface area (Å²) < 4.78 is 5.64. The fraction of sp³-hybridized carbons (Fsp3) is 0.692. The predicted octanol–water partition coefficient (Wildman–Crippen LogP) is 2.12. The minimum atomic E-state index is -0.0549. The van der Waals surface area contributed by atoms with Gasteiger partial charge in [0.2, 0.25) is 5.95 Å². The van der Waals surface area contributed by atoms with Gasteiger partial charge < -0.3 is 9.64 Å². The van der Waals surface area contributed by atoms with Crippen LogP contribution >= 0.6 is 0 Å². The van der Waals surface area contributed by atoms with Crippen molar-refractivity contribution in [1.29, 1.82) is 0 Å². The minimum Gasteiger partial charge on any atom is -0.378 e. The van der Waals surface area contributed by atoms with Gasteiger partial charge in [0.25, 0.3) is 0 Å². The lowest BCUT2D eigenvalue weighted by atomic mass is 9.55. The SMILES string of the molecule is CO[C@]1(C)C[C@H](N(C)c2ncccn2)C1(C)C. The molecule has 0 bridgehead atoms. The van der Waals surface area contributed by atoms with Gasteiger partial charge in [-0.2, -0.15) is 0 Å². The van der Waals surface area contributed by atoms with Crippen molar-refractivity contribution in [2.75, 3.05) is 19.1 Å². The maximum atomic E-state index is 5.64. The van der Waals surface area contributed by atoms with E-state index in [0.29, 0.717) is 6.04 Å². The average molecular weight is 235 g/mol. The van der Waals surface area contributed by atoms with E-state index < -0.39 is 0 Å². The Kier molecular flexibility index (Phi) is 2.86. The number of aromatic nitrogens is 2. The average Bonchev–Trinajstić information content (AvgIpc) is 2.35. The quantitative estimate of drug-likeness (QED) is 0.804. The van der Waals surface area contributed by atoms with E-state index in [2.05, 4.69) is 42.7 Å². The summed E-state index contributed by atoms with van der Waals surface area (Å²) in [5, 5.41) is 0. The van der Waals surface area contributed by atoms with Gasteiger partial charge in [-0.15, -0.1) is 0 Å². The molecule has 2 rings (SSSR count). The summed E-state index contributed by atoms with van der Waals surface area (Å²) in [5.74, 6) is 0.781. The lowest BCUT2D eigenvalue weighted by Crippen LogP contribution is -2.68. The fourth-order valence-corrected chi connectivity index (χ4v) is 2.69. The van der Waals surface area contributed by atoms with Gasteiger partial charge >= 0.3 is 0 Å². The van der Waals surface area contributed by atoms with Crippen LogP contribution in [-0.4, -0.2) is 35.8 Å². The van der Waals surface area contributed by atoms with Gasteiger partial charge in [0.15, 0.2) is 0 Å². The number of methoxy groups -OCH3 is 1. The van der Waals surface area contributed by atoms with E-state index >= 15 is 0 Å². The third-order valence-corrected chi connectivity index (χ3v) is 4.56. The first kappa shape index (κ1) is 12.3. The van der Waals surface area contributed by atoms with Crippen molar-refractivity contribution >= 4 is 5.95 Å². The topological polar surface area (TPSA) is 38.2 Å². The molecule has 1 aromatic heterocycles. The second-order valence-corrected chi connectivity index (χ2v) is 5.54. The van der Waals surface area contributed by atoms with E-state index in [0.717, 1.165) is 12.4 Å². The third kappa shape index (κ3) is 1.71. The van der Waals surface area contributed by atoms with Gasteiger partial charge in [-0.25, -0.2) is 9.97 Å². The molecule has 1 aromatic rings. The molecule has 0 radical (unpaired) electrons. The van der Waals surface area contributed by atoms with E-state index in [-0.39, 0.29) is 11.0 Å². The van der Waals surface area contributed by atoms with E-state index in [4.69, 9.17) is 4.74 Å². The highest BCUT2D eigenvalue weighted by Crippen LogP contribution is 2.53. The summed E-state index contributed by atoms with van der Waals surface area (Å²) >= 11 is 0. The van der Waals surface area contributed by atoms with Gasteiger partial charge in [-0.3, -0.25) is 0 Å². The summed E-state index contributed by atoms with van der Waals surface area (Å²) in [6.07, 6.45) is 4.56. The van der Waals surface area contributed by atoms with Crippen molar-refractivity contribution in [2.24, 2.45) is 5.41 Å². The molecule has 1 aliphatic rings. The molecule has 94 valence electrons. The van der Waals surface area contributed by atoms with Crippen molar-refractivity contribution < 1.29 is 4.74 Å². The van der Waals surface area contributed by atoms with Gasteiger partial charge in [0, 0.05) is 38.0 Å². The third-order valence-electron chi connectivity index (χ3n) is 4.56. The molecule has 0 amide bonds. The number of hydrogen-bond donors (Lipinski definition) is 0. The van der Waals surface area contributed by atoms with Gasteiger partial charge in [0.1, 0.15) is 0 Å². The van der Waals surface area contributed by atoms with Crippen LogP contribution < -0.4 is 4.90 Å². The monoisotopic (exact) mass is 235 g/mol. The Bertz CT molecular complexity index is 393. The first-order chi connectivity index (χ1) is 7.92. The molecule has 1 saturated carbocycles. The molecule has 4 nitrogen and oxygen atoms in total. The van der Waals surface area contributed by atoms with Crippen LogP contribution in [0.25, 0.3) is 0 Å². The highest BCUT2D eigenvalue weighted by atomic mass is 16.5. The van der Waals surface area contributed by atoms with E-state index in [9.17, 15) is 0 Å². The van der Waals surface area contributed by atoms with Gasteiger partial charge in [0.05, 0.1) is 5.60 Å². The number of rotatable bonds is 3. The van der Waals surface area contributed by atoms with Crippen LogP contribution in [0.4, 0.5) is 5.95 Å². The summed E-state index contributed by atoms with van der Waals surface area (Å²) in [4.78, 5) is 10.7. The molecular formula is C13H21N3O. The van der Waals surface area contributed by atoms with Crippen molar-refractivity contribution in [3.05, 3.63) is 18.5 Å². The molecule has 0 unspecified atom stereocenters. The van der Waals surface area contributed by atoms with Crippen LogP contribution in [0.15, 0.2) is 18.5 Å². The van der Waals surface area contributed by atoms with Crippen LogP contribution in [0.1, 0.15) is 27.2 Å². The first-order valence-electron chi connectivity index (χ1n) is 5.97. The first-order valence-corrected chi connectivity index (χ1v) is 5.97. The van der Waals surface area contributed by atoms with E-state index in [1.807, 2.05) is 6.07 Å². The zero-order valence-corrected chi connectivity index (χ0v) is 11.3. The molecule has 1 heterocycles. The Morgan fingerprint density at radius 1 is 1.29 bits per heavy atom. The number of nitrogens with zero attached hydrogens (tertiary/aromatic N) is 3. The Morgan fingerprint density at radius 3 is 2.35 bits per heavy atom. The van der Waals surface area contributed by atoms with Gasteiger partial charge in [-0.1, -0.05) is 13.8 Å². The van der Waals surface area contributed by atoms with Crippen molar-refractivity contribution in [3.63, 3.8) is 0 Å². The summed E-state index contributed by atoms with van der Waals surface area (Å²) in [7, 11) is 3.84. The zero-order valence-electron chi connectivity index (χ0n) is 11.3. The highest BCUT2D eigenvalue weighted by Gasteiger charge is 2.59. The highest BCUT2D eigenvalue weighted by molar-refractivity contribution is 5.34. The van der Waals surface area contributed by atoms with Crippen molar-refractivity contribution in [1.82, 2.24) is 9.97 Å². The van der Waals surface area contributed by atoms with Crippen LogP contribution in [-0.2, 0) is 4.74 Å². The fourth-order valence-electron chi connectivity index (χ4n) is 2.69. The standard InChI is InChI=1S/C13H21N3O/c1-12(2)10(9-13(12,3)17-5)16(4)11-14-7-6-8-15-11/h6-8,10H,9H2,1-5H3/t10-,13+/m0/s1. The Labute approximate surface area is 103 Å². The number of hydrogen-bond acceptors (Lipinski definition) is 4. The Balaban J connectivity index is 2.17. The maximum Gasteiger partial charge on any atom is 0.225 e. The van der Waals surface area contributed by atoms with Crippen LogP contribution in [0.2, 0.25) is 0 Å². The van der Waals surface area contributed by atoms with E-state index in [1.165, 1.54) is 0 Å². The van der Waals surface area contributed by atoms with Crippen LogP contribution in [0.5, 0.6) is 0 Å². The lowest BCUT2D eigenvalue weighted by Gasteiger charge is -2.61. The molecule has 0 saturated heterocycles. The normalized spacial score (nSPS) is 30.8. The van der Waals surface area contributed by atoms with Crippen LogP contribution in [0.3, 0.4) is 0 Å². The molecule has 0 aromatic carbocycles. The molecule has 1 aliphatic carbocycles. The molecule has 0 aliphatic heterocycles. The summed E-state index contributed by atoms with van der Waals surface area (Å²) in [6.45, 7) is 6.65. The molecule has 2 atom stereocenters. The lowest BCUT2D eigenvalue weighted by molar-refractivity contribution is -0.172. The minimum absolute atomic E-state index is 0.0549. The molecular weight excluding hydrogens is 214 g/mol. The number of anilines is 1. The second-order valence-electron chi connectivity index (χ2n) is 5.54. The van der Waals surface area contributed by atoms with Crippen molar-refractivity contribution in [2.45, 2.75) is 38.8 Å². The Morgan fingerprint density at radius 2 is 1.88 bits per heavy atom. The van der Waals surface area contributed by atoms with Crippen molar-refractivity contribution in [3.8, 4) is 0 Å². The maximum absolute atomic E-state index is 5.64. The molecule has 0 spiro atoms. The summed E-state index contributed by atoms with van der Waals surface area (Å²) in [5.41, 5.74) is 0.0381. The smallest absolute Gasteiger partial charge is 0.225 e. The predicted molar refractivity (Wildman–Crippen MR) is 68.0 cm³/mol. The molecule has 0 N–H and O–H groups in total. The number of ether oxygens (including phenoxy) is 1. The molecule has 1 fully saturated rings. The Hall–Kier alpha value is -1.16. The van der Waals surface area contributed by atoms with E-state index in [1.54, 1.807) is 19.5 Å². The largest absolute Gasteiger partial charge is 0.378 e. The van der Waals surface area contributed by atoms with Crippen LogP contribution in [0, 0.1) is 5.41 Å². The second kappa shape index (κ2) is 3.95.